The Hall–Kier alpha value is -1.14. The molecule has 1 rings (SSSR count). The van der Waals surface area contributed by atoms with E-state index >= 15 is 0 Å². The van der Waals surface area contributed by atoms with Crippen molar-refractivity contribution in [1.29, 1.82) is 0 Å². The molecule has 92 valence electrons. The molecule has 0 aromatic heterocycles. The molecule has 0 saturated carbocycles. The van der Waals surface area contributed by atoms with Gasteiger partial charge in [0.25, 0.3) is 0 Å². The van der Waals surface area contributed by atoms with Crippen LogP contribution in [0.4, 0.5) is 0 Å². The fourth-order valence-corrected chi connectivity index (χ4v) is 1.56. The van der Waals surface area contributed by atoms with Crippen molar-refractivity contribution in [1.82, 2.24) is 4.90 Å². The molecule has 0 spiro atoms. The topological polar surface area (TPSA) is 92.9 Å². The highest BCUT2D eigenvalue weighted by Crippen LogP contribution is 2.13. The number of rotatable bonds is 3. The largest absolute Gasteiger partial charge is 0.480 e. The Labute approximate surface area is 94.3 Å². The summed E-state index contributed by atoms with van der Waals surface area (Å²) in [6, 6.07) is -1.17. The van der Waals surface area contributed by atoms with Crippen molar-refractivity contribution in [2.45, 2.75) is 25.9 Å². The number of carboxylic acid groups (broad SMARTS) is 1. The summed E-state index contributed by atoms with van der Waals surface area (Å²) < 4.78 is 5.06. The second-order valence-electron chi connectivity index (χ2n) is 4.11. The lowest BCUT2D eigenvalue weighted by Crippen LogP contribution is -2.55. The van der Waals surface area contributed by atoms with Crippen LogP contribution in [0, 0.1) is 5.92 Å². The van der Waals surface area contributed by atoms with Gasteiger partial charge in [0, 0.05) is 12.6 Å². The Morgan fingerprint density at radius 1 is 1.50 bits per heavy atom. The summed E-state index contributed by atoms with van der Waals surface area (Å²) in [7, 11) is 0. The Bertz CT molecular complexity index is 280. The Morgan fingerprint density at radius 2 is 2.12 bits per heavy atom. The van der Waals surface area contributed by atoms with Crippen molar-refractivity contribution >= 4 is 11.9 Å². The monoisotopic (exact) mass is 230 g/mol. The van der Waals surface area contributed by atoms with Gasteiger partial charge in [0.05, 0.1) is 19.1 Å². The molecule has 0 bridgehead atoms. The maximum atomic E-state index is 12.0. The third kappa shape index (κ3) is 2.70. The van der Waals surface area contributed by atoms with Gasteiger partial charge in [-0.05, 0) is 6.92 Å². The quantitative estimate of drug-likeness (QED) is 0.667. The third-order valence-electron chi connectivity index (χ3n) is 2.87. The summed E-state index contributed by atoms with van der Waals surface area (Å²) in [5.41, 5.74) is 5.64. The van der Waals surface area contributed by atoms with Gasteiger partial charge in [-0.1, -0.05) is 6.92 Å². The van der Waals surface area contributed by atoms with Crippen LogP contribution in [0.5, 0.6) is 0 Å². The van der Waals surface area contributed by atoms with Gasteiger partial charge in [-0.25, -0.2) is 4.79 Å². The van der Waals surface area contributed by atoms with Gasteiger partial charge in [0.2, 0.25) is 5.91 Å². The average molecular weight is 230 g/mol. The van der Waals surface area contributed by atoms with Crippen molar-refractivity contribution in [2.75, 3.05) is 19.8 Å². The second-order valence-corrected chi connectivity index (χ2v) is 4.11. The lowest BCUT2D eigenvalue weighted by Gasteiger charge is -2.35. The van der Waals surface area contributed by atoms with Crippen LogP contribution in [0.25, 0.3) is 0 Å². The first kappa shape index (κ1) is 12.9. The Balaban J connectivity index is 2.75. The number of ether oxygens (including phenoxy) is 1. The molecular formula is C10H18N2O4. The number of morpholine rings is 1. The fourth-order valence-electron chi connectivity index (χ4n) is 1.56. The van der Waals surface area contributed by atoms with Gasteiger partial charge in [0.15, 0.2) is 6.04 Å². The van der Waals surface area contributed by atoms with Crippen LogP contribution in [-0.2, 0) is 14.3 Å². The van der Waals surface area contributed by atoms with E-state index in [0.717, 1.165) is 0 Å². The van der Waals surface area contributed by atoms with Gasteiger partial charge < -0.3 is 20.5 Å². The van der Waals surface area contributed by atoms with E-state index in [2.05, 4.69) is 0 Å². The van der Waals surface area contributed by atoms with Crippen LogP contribution in [0.15, 0.2) is 0 Å². The number of carboxylic acids is 1. The fraction of sp³-hybridized carbons (Fsp3) is 0.800. The summed E-state index contributed by atoms with van der Waals surface area (Å²) in [6.45, 7) is 4.18. The molecule has 6 heteroatoms. The van der Waals surface area contributed by atoms with Crippen molar-refractivity contribution in [3.05, 3.63) is 0 Å². The number of nitrogens with two attached hydrogens (primary N) is 1. The van der Waals surface area contributed by atoms with Crippen molar-refractivity contribution in [3.8, 4) is 0 Å². The summed E-state index contributed by atoms with van der Waals surface area (Å²) in [5, 5.41) is 8.97. The van der Waals surface area contributed by atoms with E-state index in [1.54, 1.807) is 13.8 Å². The molecule has 6 nitrogen and oxygen atoms in total. The number of amides is 1. The number of carbonyl (C=O) groups is 2. The van der Waals surface area contributed by atoms with Crippen molar-refractivity contribution in [2.24, 2.45) is 11.7 Å². The molecule has 0 aliphatic carbocycles. The molecule has 1 heterocycles. The first-order valence-corrected chi connectivity index (χ1v) is 5.31. The number of hydrogen-bond donors (Lipinski definition) is 2. The zero-order chi connectivity index (χ0) is 12.3. The smallest absolute Gasteiger partial charge is 0.328 e. The van der Waals surface area contributed by atoms with Crippen LogP contribution in [-0.4, -0.2) is 53.7 Å². The predicted octanol–water partition coefficient (Wildman–Crippen LogP) is -0.718. The first-order chi connectivity index (χ1) is 7.45. The zero-order valence-electron chi connectivity index (χ0n) is 9.55. The standard InChI is InChI=1S/C10H18N2O4/c1-6(7(2)11)9(13)12-3-4-16-5-8(12)10(14)15/h6-8H,3-5,11H2,1-2H3,(H,14,15). The molecule has 0 radical (unpaired) electrons. The number of aliphatic carboxylic acids is 1. The van der Waals surface area contributed by atoms with E-state index in [-0.39, 0.29) is 24.5 Å². The Morgan fingerprint density at radius 3 is 2.62 bits per heavy atom. The molecular weight excluding hydrogens is 212 g/mol. The predicted molar refractivity (Wildman–Crippen MR) is 56.8 cm³/mol. The van der Waals surface area contributed by atoms with Crippen LogP contribution in [0.3, 0.4) is 0 Å². The highest BCUT2D eigenvalue weighted by Gasteiger charge is 2.35. The molecule has 1 aliphatic rings. The molecule has 16 heavy (non-hydrogen) atoms. The molecule has 1 fully saturated rings. The van der Waals surface area contributed by atoms with E-state index < -0.39 is 12.0 Å². The lowest BCUT2D eigenvalue weighted by molar-refractivity contribution is -0.160. The summed E-state index contributed by atoms with van der Waals surface area (Å²) in [6.07, 6.45) is 0. The van der Waals surface area contributed by atoms with E-state index in [1.165, 1.54) is 4.90 Å². The summed E-state index contributed by atoms with van der Waals surface area (Å²) in [4.78, 5) is 24.3. The molecule has 3 atom stereocenters. The summed E-state index contributed by atoms with van der Waals surface area (Å²) >= 11 is 0. The van der Waals surface area contributed by atoms with E-state index in [9.17, 15) is 9.59 Å². The first-order valence-electron chi connectivity index (χ1n) is 5.31. The van der Waals surface area contributed by atoms with Crippen LogP contribution >= 0.6 is 0 Å². The van der Waals surface area contributed by atoms with Crippen LogP contribution in [0.1, 0.15) is 13.8 Å². The SMILES string of the molecule is CC(N)C(C)C(=O)N1CCOCC1C(=O)O. The van der Waals surface area contributed by atoms with Crippen molar-refractivity contribution < 1.29 is 19.4 Å². The highest BCUT2D eigenvalue weighted by molar-refractivity contribution is 5.85. The van der Waals surface area contributed by atoms with Gasteiger partial charge in [-0.3, -0.25) is 4.79 Å². The zero-order valence-corrected chi connectivity index (χ0v) is 9.55. The van der Waals surface area contributed by atoms with E-state index in [1.807, 2.05) is 0 Å². The highest BCUT2D eigenvalue weighted by atomic mass is 16.5. The normalized spacial score (nSPS) is 24.9. The van der Waals surface area contributed by atoms with Gasteiger partial charge in [-0.2, -0.15) is 0 Å². The summed E-state index contributed by atoms with van der Waals surface area (Å²) in [5.74, 6) is -1.63. The maximum Gasteiger partial charge on any atom is 0.328 e. The molecule has 3 N–H and O–H groups in total. The maximum absolute atomic E-state index is 12.0. The molecule has 0 aromatic rings. The van der Waals surface area contributed by atoms with Gasteiger partial charge in [-0.15, -0.1) is 0 Å². The number of carbonyl (C=O) groups excluding carboxylic acids is 1. The van der Waals surface area contributed by atoms with Gasteiger partial charge >= 0.3 is 5.97 Å². The Kier molecular flexibility index (Phi) is 4.26. The molecule has 3 unspecified atom stereocenters. The molecule has 1 saturated heterocycles. The molecule has 0 aromatic carbocycles. The second kappa shape index (κ2) is 5.27. The molecule has 1 amide bonds. The van der Waals surface area contributed by atoms with Crippen molar-refractivity contribution in [3.63, 3.8) is 0 Å². The minimum atomic E-state index is -1.04. The average Bonchev–Trinajstić information content (AvgIpc) is 2.26. The minimum Gasteiger partial charge on any atom is -0.480 e. The van der Waals surface area contributed by atoms with E-state index in [0.29, 0.717) is 13.2 Å². The van der Waals surface area contributed by atoms with E-state index in [4.69, 9.17) is 15.6 Å². The third-order valence-corrected chi connectivity index (χ3v) is 2.87. The van der Waals surface area contributed by atoms with Crippen LogP contribution in [0.2, 0.25) is 0 Å². The number of nitrogens with zero attached hydrogens (tertiary/aromatic N) is 1. The molecule has 1 aliphatic heterocycles. The lowest BCUT2D eigenvalue weighted by atomic mass is 10.0. The minimum absolute atomic E-state index is 0.0484. The van der Waals surface area contributed by atoms with Gasteiger partial charge in [0.1, 0.15) is 0 Å². The van der Waals surface area contributed by atoms with Crippen LogP contribution < -0.4 is 5.73 Å². The number of hydrogen-bond acceptors (Lipinski definition) is 4.